The van der Waals surface area contributed by atoms with Gasteiger partial charge in [0.1, 0.15) is 6.10 Å². The molecule has 1 heterocycles. The maximum Gasteiger partial charge on any atom is 0.211 e. The van der Waals surface area contributed by atoms with Gasteiger partial charge in [-0.1, -0.05) is 18.2 Å². The van der Waals surface area contributed by atoms with Gasteiger partial charge in [0.15, 0.2) is 0 Å². The van der Waals surface area contributed by atoms with E-state index in [1.165, 1.54) is 11.3 Å². The van der Waals surface area contributed by atoms with Gasteiger partial charge in [-0.25, -0.2) is 0 Å². The Morgan fingerprint density at radius 1 is 1.31 bits per heavy atom. The highest BCUT2D eigenvalue weighted by Gasteiger charge is 2.11. The highest BCUT2D eigenvalue weighted by Crippen LogP contribution is 2.27. The van der Waals surface area contributed by atoms with Crippen molar-refractivity contribution in [1.82, 2.24) is 0 Å². The first-order valence-electron chi connectivity index (χ1n) is 4.83. The Labute approximate surface area is 97.4 Å². The summed E-state index contributed by atoms with van der Waals surface area (Å²) in [4.78, 5) is 11.2. The first-order valence-corrected chi connectivity index (χ1v) is 5.71. The smallest absolute Gasteiger partial charge is 0.211 e. The summed E-state index contributed by atoms with van der Waals surface area (Å²) in [6.07, 6.45) is -0.00945. The third-order valence-electron chi connectivity index (χ3n) is 2.24. The van der Waals surface area contributed by atoms with Crippen molar-refractivity contribution in [2.75, 3.05) is 5.32 Å². The van der Waals surface area contributed by atoms with Crippen molar-refractivity contribution < 1.29 is 9.90 Å². The Hall–Kier alpha value is -1.65. The van der Waals surface area contributed by atoms with Crippen LogP contribution in [0, 0.1) is 0 Å². The van der Waals surface area contributed by atoms with Crippen molar-refractivity contribution in [1.29, 1.82) is 0 Å². The van der Waals surface area contributed by atoms with Crippen molar-refractivity contribution in [3.63, 3.8) is 0 Å². The number of carbonyl (C=O) groups is 1. The van der Waals surface area contributed by atoms with Gasteiger partial charge in [0, 0.05) is 10.6 Å². The molecule has 0 aliphatic carbocycles. The minimum Gasteiger partial charge on any atom is -0.383 e. The van der Waals surface area contributed by atoms with Gasteiger partial charge in [-0.3, -0.25) is 4.79 Å². The lowest BCUT2D eigenvalue weighted by Gasteiger charge is -2.10. The Morgan fingerprint density at radius 2 is 2.19 bits per heavy atom. The normalized spacial score (nSPS) is 12.1. The summed E-state index contributed by atoms with van der Waals surface area (Å²) in [5.74, 6) is 0. The van der Waals surface area contributed by atoms with Crippen molar-refractivity contribution >= 4 is 23.4 Å². The number of anilines is 1. The number of rotatable bonds is 4. The first-order chi connectivity index (χ1) is 7.81. The van der Waals surface area contributed by atoms with E-state index in [1.54, 1.807) is 18.2 Å². The molecule has 0 radical (unpaired) electrons. The molecule has 2 N–H and O–H groups in total. The van der Waals surface area contributed by atoms with Crippen molar-refractivity contribution in [2.24, 2.45) is 0 Å². The fourth-order valence-electron chi connectivity index (χ4n) is 1.48. The van der Waals surface area contributed by atoms with Crippen LogP contribution in [0.15, 0.2) is 41.8 Å². The average Bonchev–Trinajstić information content (AvgIpc) is 2.82. The molecule has 0 bridgehead atoms. The molecule has 82 valence electrons. The zero-order chi connectivity index (χ0) is 11.4. The standard InChI is InChI=1S/C12H11NO2S/c14-8-13-10-4-1-3-9(7-10)12(15)11-5-2-6-16-11/h1-8,12,15H,(H,13,14). The van der Waals surface area contributed by atoms with E-state index in [0.717, 1.165) is 10.4 Å². The topological polar surface area (TPSA) is 49.3 Å². The lowest BCUT2D eigenvalue weighted by atomic mass is 10.1. The highest BCUT2D eigenvalue weighted by molar-refractivity contribution is 7.10. The number of benzene rings is 1. The van der Waals surface area contributed by atoms with Gasteiger partial charge in [-0.05, 0) is 29.1 Å². The van der Waals surface area contributed by atoms with Crippen LogP contribution < -0.4 is 5.32 Å². The zero-order valence-electron chi connectivity index (χ0n) is 8.46. The Morgan fingerprint density at radius 3 is 2.88 bits per heavy atom. The number of nitrogens with one attached hydrogen (secondary N) is 1. The van der Waals surface area contributed by atoms with Crippen LogP contribution in [0.25, 0.3) is 0 Å². The molecule has 0 aliphatic rings. The molecule has 0 fully saturated rings. The van der Waals surface area contributed by atoms with E-state index in [9.17, 15) is 9.90 Å². The number of hydrogen-bond donors (Lipinski definition) is 2. The molecule has 0 aliphatic heterocycles. The SMILES string of the molecule is O=CNc1cccc(C(O)c2cccs2)c1. The number of aliphatic hydroxyl groups is 1. The summed E-state index contributed by atoms with van der Waals surface area (Å²) in [5, 5.41) is 14.6. The number of aliphatic hydroxyl groups excluding tert-OH is 1. The van der Waals surface area contributed by atoms with Gasteiger partial charge < -0.3 is 10.4 Å². The Kier molecular flexibility index (Phi) is 3.34. The maximum absolute atomic E-state index is 10.3. The second kappa shape index (κ2) is 4.92. The monoisotopic (exact) mass is 233 g/mol. The van der Waals surface area contributed by atoms with Gasteiger partial charge in [-0.15, -0.1) is 11.3 Å². The van der Waals surface area contributed by atoms with Gasteiger partial charge >= 0.3 is 0 Å². The molecule has 1 amide bonds. The Bertz CT molecular complexity index is 468. The minimum absolute atomic E-state index is 0.622. The second-order valence-electron chi connectivity index (χ2n) is 3.31. The van der Waals surface area contributed by atoms with Crippen LogP contribution in [0.1, 0.15) is 16.5 Å². The molecule has 4 heteroatoms. The predicted octanol–water partition coefficient (Wildman–Crippen LogP) is 2.40. The van der Waals surface area contributed by atoms with Crippen LogP contribution in [-0.2, 0) is 4.79 Å². The molecule has 2 aromatic rings. The van der Waals surface area contributed by atoms with E-state index in [4.69, 9.17) is 0 Å². The largest absolute Gasteiger partial charge is 0.383 e. The molecule has 1 aromatic carbocycles. The lowest BCUT2D eigenvalue weighted by Crippen LogP contribution is -1.99. The molecular formula is C12H11NO2S. The quantitative estimate of drug-likeness (QED) is 0.797. The first kappa shape index (κ1) is 10.9. The van der Waals surface area contributed by atoms with Crippen LogP contribution in [0.4, 0.5) is 5.69 Å². The van der Waals surface area contributed by atoms with Gasteiger partial charge in [0.2, 0.25) is 6.41 Å². The van der Waals surface area contributed by atoms with E-state index in [-0.39, 0.29) is 0 Å². The molecule has 1 unspecified atom stereocenters. The van der Waals surface area contributed by atoms with Crippen molar-refractivity contribution in [3.8, 4) is 0 Å². The van der Waals surface area contributed by atoms with Crippen molar-refractivity contribution in [3.05, 3.63) is 52.2 Å². The lowest BCUT2D eigenvalue weighted by molar-refractivity contribution is -0.105. The predicted molar refractivity (Wildman–Crippen MR) is 64.5 cm³/mol. The highest BCUT2D eigenvalue weighted by atomic mass is 32.1. The summed E-state index contributed by atoms with van der Waals surface area (Å²) in [6.45, 7) is 0. The van der Waals surface area contributed by atoms with E-state index >= 15 is 0 Å². The van der Waals surface area contributed by atoms with Crippen LogP contribution in [0.5, 0.6) is 0 Å². The molecule has 16 heavy (non-hydrogen) atoms. The van der Waals surface area contributed by atoms with E-state index in [1.807, 2.05) is 23.6 Å². The molecule has 0 saturated heterocycles. The summed E-state index contributed by atoms with van der Waals surface area (Å²) in [6, 6.07) is 11.0. The number of amides is 1. The van der Waals surface area contributed by atoms with Crippen LogP contribution in [0.2, 0.25) is 0 Å². The van der Waals surface area contributed by atoms with Gasteiger partial charge in [-0.2, -0.15) is 0 Å². The van der Waals surface area contributed by atoms with Crippen molar-refractivity contribution in [2.45, 2.75) is 6.10 Å². The Balaban J connectivity index is 2.26. The molecule has 0 spiro atoms. The van der Waals surface area contributed by atoms with Gasteiger partial charge in [0.05, 0.1) is 0 Å². The fourth-order valence-corrected chi connectivity index (χ4v) is 2.21. The van der Waals surface area contributed by atoms with E-state index in [0.29, 0.717) is 12.1 Å². The summed E-state index contributed by atoms with van der Waals surface area (Å²) in [7, 11) is 0. The van der Waals surface area contributed by atoms with Crippen LogP contribution in [0.3, 0.4) is 0 Å². The molecule has 2 rings (SSSR count). The number of hydrogen-bond acceptors (Lipinski definition) is 3. The van der Waals surface area contributed by atoms with E-state index < -0.39 is 6.10 Å². The van der Waals surface area contributed by atoms with Gasteiger partial charge in [0.25, 0.3) is 0 Å². The third-order valence-corrected chi connectivity index (χ3v) is 3.17. The fraction of sp³-hybridized carbons (Fsp3) is 0.0833. The second-order valence-corrected chi connectivity index (χ2v) is 4.28. The van der Waals surface area contributed by atoms with E-state index in [2.05, 4.69) is 5.32 Å². The molecule has 0 saturated carbocycles. The maximum atomic E-state index is 10.3. The van der Waals surface area contributed by atoms with Crippen LogP contribution >= 0.6 is 11.3 Å². The number of carbonyl (C=O) groups excluding carboxylic acids is 1. The molecular weight excluding hydrogens is 222 g/mol. The molecule has 1 aromatic heterocycles. The minimum atomic E-state index is -0.631. The summed E-state index contributed by atoms with van der Waals surface area (Å²) >= 11 is 1.51. The molecule has 3 nitrogen and oxygen atoms in total. The molecule has 1 atom stereocenters. The number of thiophene rings is 1. The third kappa shape index (κ3) is 2.29. The average molecular weight is 233 g/mol. The van der Waals surface area contributed by atoms with Crippen LogP contribution in [-0.4, -0.2) is 11.5 Å². The summed E-state index contributed by atoms with van der Waals surface area (Å²) < 4.78 is 0. The zero-order valence-corrected chi connectivity index (χ0v) is 9.28. The summed E-state index contributed by atoms with van der Waals surface area (Å²) in [5.41, 5.74) is 1.46.